The molecular weight excluding hydrogens is 2010 g/mol. The molecule has 0 aromatic heterocycles. The SMILES string of the molecule is C1=CC2CCCC2C=C1.C1CCCC1.C1CCCC1.C1CCCC1.CC(C)(C)C.CC(C)(C)C.CC(C)(C)C1CC(CCC2CCC(C(C)(C)C3CC(CCC4CC(C(C)(S)S)C5C=CC=CC45)C4C=CC=CC43)C2)C2C=CC=CC21.C[CH-]C.C[CH-]C1CC(C(C)(C)C2CCCC2)C2C=CC=CC12.[3H]C([3H])(C)C.[CH2-]C1CCCC1.[Y].[Y].[Y].[Y].[Y].[Y].[Y]. The van der Waals surface area contributed by atoms with Crippen LogP contribution in [0.4, 0.5) is 0 Å². The average molecular weight is 2200 g/mol. The van der Waals surface area contributed by atoms with Crippen molar-refractivity contribution in [3.63, 3.8) is 0 Å². The molecule has 663 valence electrons. The van der Waals surface area contributed by atoms with E-state index < -0.39 is 6.37 Å². The maximum atomic E-state index is 6.60. The van der Waals surface area contributed by atoms with Crippen LogP contribution in [0.2, 0.25) is 0 Å². The van der Waals surface area contributed by atoms with E-state index in [-0.39, 0.29) is 233 Å². The monoisotopic (exact) mass is 2200 g/mol. The maximum Gasteiger partial charge on any atom is 0.0557 e. The molecule has 0 bridgehead atoms. The Balaban J connectivity index is 0. The minimum absolute atomic E-state index is 0. The van der Waals surface area contributed by atoms with Gasteiger partial charge in [-0.3, -0.25) is 0 Å². The van der Waals surface area contributed by atoms with E-state index in [0.717, 1.165) is 112 Å². The molecule has 0 nitrogen and oxygen atoms in total. The second-order valence-electron chi connectivity index (χ2n) is 44.5. The Morgan fingerprint density at radius 1 is 0.319 bits per heavy atom. The summed E-state index contributed by atoms with van der Waals surface area (Å²) in [6.07, 6.45) is 105. The summed E-state index contributed by atoms with van der Waals surface area (Å²) in [6.45, 7) is 50.9. The third-order valence-electron chi connectivity index (χ3n) is 29.8. The molecule has 16 rings (SSSR count). The molecule has 0 aromatic rings. The molecule has 16 aliphatic carbocycles. The first-order valence-corrected chi connectivity index (χ1v) is 49.2. The quantitative estimate of drug-likeness (QED) is 0.109. The number of hydrogen-bond donors (Lipinski definition) is 2. The molecule has 11 saturated carbocycles. The molecule has 0 N–H and O–H groups in total. The van der Waals surface area contributed by atoms with Gasteiger partial charge < -0.3 is 19.8 Å². The molecule has 119 heavy (non-hydrogen) atoms. The summed E-state index contributed by atoms with van der Waals surface area (Å²) in [6, 6.07) is 0. The summed E-state index contributed by atoms with van der Waals surface area (Å²) < 4.78 is 13.0. The van der Waals surface area contributed by atoms with Crippen LogP contribution in [0.15, 0.2) is 122 Å². The van der Waals surface area contributed by atoms with Gasteiger partial charge in [0.1, 0.15) is 0 Å². The van der Waals surface area contributed by atoms with Crippen molar-refractivity contribution in [1.82, 2.24) is 0 Å². The molecule has 0 heterocycles. The second-order valence-corrected chi connectivity index (χ2v) is 46.7. The van der Waals surface area contributed by atoms with Gasteiger partial charge in [0.15, 0.2) is 0 Å². The fourth-order valence-electron chi connectivity index (χ4n) is 23.7. The molecule has 7 radical (unpaired) electrons. The largest absolute Gasteiger partial charge is 0.340 e. The van der Waals surface area contributed by atoms with Crippen molar-refractivity contribution in [3.05, 3.63) is 141 Å². The molecule has 0 spiro atoms. The van der Waals surface area contributed by atoms with E-state index in [1.54, 1.807) is 0 Å². The molecule has 0 saturated heterocycles. The summed E-state index contributed by atoms with van der Waals surface area (Å²) in [4.78, 5) is 0. The van der Waals surface area contributed by atoms with E-state index in [9.17, 15) is 0 Å². The Morgan fingerprint density at radius 2 is 0.597 bits per heavy atom. The van der Waals surface area contributed by atoms with E-state index in [0.29, 0.717) is 44.8 Å². The van der Waals surface area contributed by atoms with Crippen LogP contribution in [0.25, 0.3) is 0 Å². The van der Waals surface area contributed by atoms with E-state index in [1.165, 1.54) is 251 Å². The van der Waals surface area contributed by atoms with E-state index in [4.69, 9.17) is 28.0 Å². The molecule has 20 unspecified atom stereocenters. The fourth-order valence-corrected chi connectivity index (χ4v) is 24.2. The predicted octanol–water partition coefficient (Wildman–Crippen LogP) is 35.1. The van der Waals surface area contributed by atoms with Crippen LogP contribution in [-0.2, 0) is 229 Å². The van der Waals surface area contributed by atoms with Gasteiger partial charge in [0, 0.05) is 232 Å². The molecule has 20 atom stereocenters. The van der Waals surface area contributed by atoms with Crippen LogP contribution < -0.4 is 0 Å². The van der Waals surface area contributed by atoms with Crippen LogP contribution in [0, 0.1) is 177 Å². The van der Waals surface area contributed by atoms with Crippen molar-refractivity contribution in [3.8, 4) is 0 Å². The first-order chi connectivity index (χ1) is 53.7. The Labute approximate surface area is 934 Å². The summed E-state index contributed by atoms with van der Waals surface area (Å²) in [5.41, 5.74) is 2.34. The normalized spacial score (nSPS) is 32.5. The molecule has 16 aliphatic rings. The maximum absolute atomic E-state index is 6.60. The Bertz CT molecular complexity index is 2840. The van der Waals surface area contributed by atoms with Gasteiger partial charge in [-0.05, 0) is 229 Å². The molecule has 9 heteroatoms. The minimum Gasteiger partial charge on any atom is -0.340 e. The molecule has 11 fully saturated rings. The van der Waals surface area contributed by atoms with Crippen LogP contribution in [0.5, 0.6) is 0 Å². The van der Waals surface area contributed by atoms with Crippen molar-refractivity contribution < 1.29 is 232 Å². The van der Waals surface area contributed by atoms with Crippen molar-refractivity contribution in [2.45, 2.75) is 393 Å². The molecule has 0 amide bonds. The van der Waals surface area contributed by atoms with Crippen molar-refractivity contribution in [2.75, 3.05) is 0 Å². The first-order valence-electron chi connectivity index (χ1n) is 49.3. The van der Waals surface area contributed by atoms with Crippen molar-refractivity contribution >= 4 is 25.3 Å². The predicted molar refractivity (Wildman–Crippen MR) is 510 cm³/mol. The molecular formula is C110H187S2Y7-3. The van der Waals surface area contributed by atoms with Gasteiger partial charge in [0.2, 0.25) is 0 Å². The molecule has 0 aromatic carbocycles. The summed E-state index contributed by atoms with van der Waals surface area (Å²) >= 11 is 9.94. The van der Waals surface area contributed by atoms with Crippen LogP contribution >= 0.6 is 25.3 Å². The summed E-state index contributed by atoms with van der Waals surface area (Å²) in [5, 5.41) is 0. The number of thiol groups is 2. The Kier molecular flexibility index (Phi) is 68.5. The van der Waals surface area contributed by atoms with Gasteiger partial charge in [-0.2, -0.15) is 57.9 Å². The van der Waals surface area contributed by atoms with Gasteiger partial charge >= 0.3 is 0 Å². The zero-order valence-electron chi connectivity index (χ0n) is 83.7. The van der Waals surface area contributed by atoms with Crippen LogP contribution in [-0.4, -0.2) is 4.08 Å². The summed E-state index contributed by atoms with van der Waals surface area (Å²) in [5.74, 6) is 17.6. The third kappa shape index (κ3) is 45.6. The number of fused-ring (bicyclic) bond motifs is 5. The summed E-state index contributed by atoms with van der Waals surface area (Å²) in [7, 11) is 0. The van der Waals surface area contributed by atoms with E-state index in [1.807, 2.05) is 20.3 Å². The minimum atomic E-state index is -1.00. The van der Waals surface area contributed by atoms with Gasteiger partial charge in [-0.15, -0.1) is 0 Å². The topological polar surface area (TPSA) is 0 Å². The van der Waals surface area contributed by atoms with Crippen LogP contribution in [0.3, 0.4) is 0 Å². The second kappa shape index (κ2) is 66.3. The van der Waals surface area contributed by atoms with Crippen LogP contribution in [0.1, 0.15) is 392 Å². The number of allylic oxidation sites excluding steroid dienone is 20. The van der Waals surface area contributed by atoms with Gasteiger partial charge in [0.05, 0.1) is 4.08 Å². The van der Waals surface area contributed by atoms with E-state index >= 15 is 0 Å². The zero-order chi connectivity index (χ0) is 83.9. The Morgan fingerprint density at radius 3 is 0.933 bits per heavy atom. The number of hydrogen-bond acceptors (Lipinski definition) is 2. The smallest absolute Gasteiger partial charge is 0.0557 e. The van der Waals surface area contributed by atoms with Crippen molar-refractivity contribution in [2.24, 2.45) is 157 Å². The first kappa shape index (κ1) is 123. The van der Waals surface area contributed by atoms with E-state index in [2.05, 4.69) is 253 Å². The molecule has 0 aliphatic heterocycles. The number of rotatable bonds is 12. The van der Waals surface area contributed by atoms with Gasteiger partial charge in [-0.1, -0.05) is 406 Å². The van der Waals surface area contributed by atoms with Crippen molar-refractivity contribution in [1.29, 1.82) is 0 Å². The van der Waals surface area contributed by atoms with Gasteiger partial charge in [-0.25, -0.2) is 0 Å². The fraction of sp³-hybridized carbons (Fsp3) is 0.791. The zero-order valence-corrected chi connectivity index (χ0v) is 103. The third-order valence-corrected chi connectivity index (χ3v) is 30.4. The van der Waals surface area contributed by atoms with Gasteiger partial charge in [0.25, 0.3) is 0 Å². The standard InChI is InChI=1S/C45H66S2.C19H29.C9H12.C6H11.3C5H10.2C5H12.C3H8.C3H7.7Y/c1-43(2,3)40-26-30(34-13-7-10-16-37(34)40)21-19-29-20-24-33(25-29)44(4,5)41-27-31(35-14-8-11-17-38(35)41)22-23-32-28-42(45(6,46)47)39-18-12-9-15-36(32)39;1-4-14-13-18(17-12-8-7-11-16(14)17)19(2,3)15-9-5-6-10-15;1-2-5-9-7-3-6-8(9)4-1;1-6-4-2-3-5-6;3*1-2-4-5-3-1;2*1-5(2,3)4;2*1-3-2;;;;;;;/h7-18,29-42,46-47H,19-28H2,1-6H3;4,7-8,11-12,14-18H,5-6,9-10,13H2,1-3H3;1-2,4-5,8-9H,3,6-7H2;6H,1-5H2;3*1-5H2;2*1-4H3;3H2,1-2H3;3H,1-2H3;;;;;;;/q;-1;;-1;;;;;;;-1;;;;;;;/i;;;;;;;;;3T2;;;;;;;;. The average Bonchev–Trinajstić information content (AvgIpc) is 1.62. The Hall–Kier alpha value is 5.83.